The van der Waals surface area contributed by atoms with Gasteiger partial charge in [-0.05, 0) is 28.9 Å². The van der Waals surface area contributed by atoms with Crippen molar-refractivity contribution < 1.29 is 18.9 Å². The second-order valence-corrected chi connectivity index (χ2v) is 8.76. The van der Waals surface area contributed by atoms with E-state index in [1.165, 1.54) is 11.8 Å². The molecule has 3 rings (SSSR count). The van der Waals surface area contributed by atoms with Crippen molar-refractivity contribution in [1.82, 2.24) is 4.98 Å². The first-order valence-corrected chi connectivity index (χ1v) is 11.2. The van der Waals surface area contributed by atoms with Gasteiger partial charge in [-0.15, -0.1) is 0 Å². The molecule has 9 heteroatoms. The van der Waals surface area contributed by atoms with Crippen molar-refractivity contribution in [3.63, 3.8) is 0 Å². The van der Waals surface area contributed by atoms with E-state index >= 15 is 0 Å². The van der Waals surface area contributed by atoms with Crippen LogP contribution in [0.15, 0.2) is 52.0 Å². The van der Waals surface area contributed by atoms with Crippen molar-refractivity contribution in [1.29, 1.82) is 5.26 Å². The van der Waals surface area contributed by atoms with Crippen LogP contribution in [0.25, 0.3) is 0 Å². The predicted octanol–water partition coefficient (Wildman–Crippen LogP) is 3.63. The molecule has 7 nitrogen and oxygen atoms in total. The lowest BCUT2D eigenvalue weighted by Crippen LogP contribution is -2.45. The van der Waals surface area contributed by atoms with Gasteiger partial charge >= 0.3 is 0 Å². The fourth-order valence-electron chi connectivity index (χ4n) is 2.98. The molecule has 1 saturated heterocycles. The maximum Gasteiger partial charge on any atom is 0.184 e. The van der Waals surface area contributed by atoms with Gasteiger partial charge < -0.3 is 24.7 Å². The zero-order valence-corrected chi connectivity index (χ0v) is 19.1. The van der Waals surface area contributed by atoms with Crippen LogP contribution in [0.2, 0.25) is 0 Å². The summed E-state index contributed by atoms with van der Waals surface area (Å²) in [7, 11) is 1.58. The lowest BCUT2D eigenvalue weighted by Gasteiger charge is -2.37. The molecule has 5 atom stereocenters. The highest BCUT2D eigenvalue weighted by atomic mass is 79.9. The van der Waals surface area contributed by atoms with Gasteiger partial charge in [-0.25, -0.2) is 4.98 Å². The van der Waals surface area contributed by atoms with E-state index in [0.717, 1.165) is 10.0 Å². The van der Waals surface area contributed by atoms with Gasteiger partial charge in [-0.2, -0.15) is 5.26 Å². The lowest BCUT2D eigenvalue weighted by molar-refractivity contribution is -0.266. The van der Waals surface area contributed by atoms with Gasteiger partial charge in [-0.3, -0.25) is 0 Å². The Hall–Kier alpha value is -1.51. The molecule has 30 heavy (non-hydrogen) atoms. The van der Waals surface area contributed by atoms with Gasteiger partial charge in [0.2, 0.25) is 0 Å². The van der Waals surface area contributed by atoms with Gasteiger partial charge in [0.25, 0.3) is 0 Å². The number of hydrogen-bond acceptors (Lipinski definition) is 8. The van der Waals surface area contributed by atoms with E-state index in [1.807, 2.05) is 43.3 Å². The number of benzene rings is 1. The molecule has 1 aromatic heterocycles. The Morgan fingerprint density at radius 2 is 2.17 bits per heavy atom. The predicted molar refractivity (Wildman–Crippen MR) is 117 cm³/mol. The molecule has 1 fully saturated rings. The van der Waals surface area contributed by atoms with Crippen LogP contribution in [0.5, 0.6) is 0 Å². The molecule has 1 aliphatic heterocycles. The number of pyridine rings is 1. The first-order chi connectivity index (χ1) is 14.5. The molecule has 0 spiro atoms. The maximum atomic E-state index is 9.40. The molecule has 0 aliphatic carbocycles. The molecule has 0 radical (unpaired) electrons. The molecule has 160 valence electrons. The highest BCUT2D eigenvalue weighted by molar-refractivity contribution is 9.10. The fourth-order valence-corrected chi connectivity index (χ4v) is 4.69. The quantitative estimate of drug-likeness (QED) is 0.439. The van der Waals surface area contributed by atoms with Crippen molar-refractivity contribution in [2.45, 2.75) is 41.9 Å². The number of halogens is 1. The summed E-state index contributed by atoms with van der Waals surface area (Å²) in [6.45, 7) is 2.57. The zero-order valence-electron chi connectivity index (χ0n) is 16.7. The topological polar surface area (TPSA) is 99.6 Å². The maximum absolute atomic E-state index is 9.40. The highest BCUT2D eigenvalue weighted by Crippen LogP contribution is 2.34. The van der Waals surface area contributed by atoms with Crippen LogP contribution < -0.4 is 5.73 Å². The van der Waals surface area contributed by atoms with Gasteiger partial charge in [0.15, 0.2) is 12.0 Å². The van der Waals surface area contributed by atoms with E-state index in [9.17, 15) is 5.26 Å². The van der Waals surface area contributed by atoms with E-state index in [1.54, 1.807) is 13.3 Å². The van der Waals surface area contributed by atoms with Crippen LogP contribution in [0.4, 0.5) is 0 Å². The highest BCUT2D eigenvalue weighted by Gasteiger charge is 2.35. The van der Waals surface area contributed by atoms with Crippen molar-refractivity contribution in [3.8, 4) is 6.07 Å². The molecule has 1 aliphatic rings. The van der Waals surface area contributed by atoms with Gasteiger partial charge in [0, 0.05) is 34.8 Å². The number of aromatic nitrogens is 1. The number of methoxy groups -OCH3 is 1. The average molecular weight is 494 g/mol. The molecule has 3 unspecified atom stereocenters. The van der Waals surface area contributed by atoms with Crippen LogP contribution in [0, 0.1) is 11.3 Å². The minimum Gasteiger partial charge on any atom is -0.376 e. The summed E-state index contributed by atoms with van der Waals surface area (Å²) in [6, 6.07) is 13.7. The second-order valence-electron chi connectivity index (χ2n) is 6.70. The molecule has 2 N–H and O–H groups in total. The summed E-state index contributed by atoms with van der Waals surface area (Å²) in [5, 5.41) is 9.40. The largest absolute Gasteiger partial charge is 0.376 e. The van der Waals surface area contributed by atoms with E-state index in [-0.39, 0.29) is 24.9 Å². The van der Waals surface area contributed by atoms with Crippen LogP contribution >= 0.6 is 27.7 Å². The van der Waals surface area contributed by atoms with Crippen molar-refractivity contribution in [2.75, 3.05) is 20.3 Å². The van der Waals surface area contributed by atoms with Crippen LogP contribution in [0.3, 0.4) is 0 Å². The molecular formula is C21H24BrN3O4S. The molecule has 0 bridgehead atoms. The van der Waals surface area contributed by atoms with Gasteiger partial charge in [0.05, 0.1) is 12.7 Å². The minimum atomic E-state index is -0.476. The number of ether oxygens (including phenoxy) is 4. The summed E-state index contributed by atoms with van der Waals surface area (Å²) < 4.78 is 24.6. The van der Waals surface area contributed by atoms with Crippen LogP contribution in [0.1, 0.15) is 24.5 Å². The minimum absolute atomic E-state index is 0.210. The van der Waals surface area contributed by atoms with Crippen molar-refractivity contribution in [2.24, 2.45) is 5.73 Å². The van der Waals surface area contributed by atoms with E-state index in [0.29, 0.717) is 17.2 Å². The Kier molecular flexibility index (Phi) is 8.65. The van der Waals surface area contributed by atoms with Gasteiger partial charge in [0.1, 0.15) is 23.7 Å². The third kappa shape index (κ3) is 5.80. The number of rotatable bonds is 8. The summed E-state index contributed by atoms with van der Waals surface area (Å²) in [4.78, 5) is 4.84. The standard InChI is InChI=1S/C21H24BrN3O4S/c1-13-18(12-27-20(28-13)14-6-4-3-5-7-14)29-21(17(10-24)26-2)30-19-8-15(22)11-25-16(19)9-23/h3-8,11,13,17-18,20-21H,10,12,24H2,1-2H3/t13-,17+,18?,20?,21?/m1/s1. The first kappa shape index (κ1) is 23.2. The Bertz CT molecular complexity index is 863. The monoisotopic (exact) mass is 493 g/mol. The summed E-state index contributed by atoms with van der Waals surface area (Å²) in [6.07, 6.45) is 0.235. The lowest BCUT2D eigenvalue weighted by atomic mass is 10.1. The summed E-state index contributed by atoms with van der Waals surface area (Å²) in [5.41, 5.74) is 6.71. The van der Waals surface area contributed by atoms with Gasteiger partial charge in [-0.1, -0.05) is 42.1 Å². The normalized spacial score (nSPS) is 23.5. The van der Waals surface area contributed by atoms with Crippen LogP contribution in [-0.2, 0) is 18.9 Å². The molecule has 1 aromatic carbocycles. The zero-order chi connectivity index (χ0) is 21.5. The van der Waals surface area contributed by atoms with E-state index < -0.39 is 11.7 Å². The fraction of sp³-hybridized carbons (Fsp3) is 0.429. The number of nitriles is 1. The molecule has 0 saturated carbocycles. The molecule has 2 aromatic rings. The molecule has 0 amide bonds. The smallest absolute Gasteiger partial charge is 0.184 e. The number of nitrogens with two attached hydrogens (primary N) is 1. The van der Waals surface area contributed by atoms with Crippen LogP contribution in [-0.4, -0.2) is 49.0 Å². The van der Waals surface area contributed by atoms with E-state index in [4.69, 9.17) is 24.7 Å². The summed E-state index contributed by atoms with van der Waals surface area (Å²) in [5.74, 6) is 0. The summed E-state index contributed by atoms with van der Waals surface area (Å²) >= 11 is 4.75. The third-order valence-electron chi connectivity index (χ3n) is 4.66. The average Bonchev–Trinajstić information content (AvgIpc) is 2.76. The number of thioether (sulfide) groups is 1. The first-order valence-electron chi connectivity index (χ1n) is 9.48. The number of hydrogen-bond donors (Lipinski definition) is 1. The Morgan fingerprint density at radius 1 is 1.40 bits per heavy atom. The number of nitrogens with zero attached hydrogens (tertiary/aromatic N) is 2. The Morgan fingerprint density at radius 3 is 2.80 bits per heavy atom. The van der Waals surface area contributed by atoms with E-state index in [2.05, 4.69) is 27.0 Å². The van der Waals surface area contributed by atoms with Crippen molar-refractivity contribution in [3.05, 3.63) is 58.3 Å². The molecular weight excluding hydrogens is 470 g/mol. The second kappa shape index (κ2) is 11.2. The molecule has 2 heterocycles. The van der Waals surface area contributed by atoms with Crippen molar-refractivity contribution >= 4 is 27.7 Å². The Balaban J connectivity index is 1.73. The Labute approximate surface area is 189 Å². The third-order valence-corrected chi connectivity index (χ3v) is 6.31. The SMILES string of the molecule is CO[C@@H](CN)C(OC1COC(c2ccccc2)O[C@@H]1C)Sc1cc(Br)cnc1C#N.